The number of hydrogen-bond acceptors (Lipinski definition) is 4. The van der Waals surface area contributed by atoms with Crippen LogP contribution in [-0.2, 0) is 6.42 Å². The minimum atomic E-state index is 0.836. The van der Waals surface area contributed by atoms with E-state index in [1.54, 1.807) is 0 Å². The van der Waals surface area contributed by atoms with Gasteiger partial charge in [-0.2, -0.15) is 0 Å². The average molecular weight is 346 g/mol. The Hall–Kier alpha value is -2.72. The molecule has 0 amide bonds. The maximum atomic E-state index is 6.19. The van der Waals surface area contributed by atoms with Crippen LogP contribution < -0.4 is 16.5 Å². The van der Waals surface area contributed by atoms with Crippen LogP contribution in [0.15, 0.2) is 60.7 Å². The number of nitrogens with two attached hydrogens (primary N) is 2. The fourth-order valence-electron chi connectivity index (χ4n) is 3.86. The van der Waals surface area contributed by atoms with Crippen LogP contribution in [0, 0.1) is 0 Å². The van der Waals surface area contributed by atoms with Crippen molar-refractivity contribution in [3.8, 4) is 0 Å². The van der Waals surface area contributed by atoms with Crippen LogP contribution in [0.5, 0.6) is 0 Å². The van der Waals surface area contributed by atoms with Crippen molar-refractivity contribution >= 4 is 27.8 Å². The van der Waals surface area contributed by atoms with Gasteiger partial charge in [-0.25, -0.2) is 5.01 Å². The number of anilines is 3. The van der Waals surface area contributed by atoms with Gasteiger partial charge in [0, 0.05) is 41.8 Å². The number of rotatable bonds is 4. The lowest BCUT2D eigenvalue weighted by molar-refractivity contribution is 0.215. The van der Waals surface area contributed by atoms with Crippen LogP contribution >= 0.6 is 0 Å². The predicted octanol–water partition coefficient (Wildman–Crippen LogP) is 4.06. The lowest BCUT2D eigenvalue weighted by Crippen LogP contribution is -2.48. The Morgan fingerprint density at radius 3 is 2.46 bits per heavy atom. The second-order valence-corrected chi connectivity index (χ2v) is 7.00. The molecular formula is C22H26N4. The van der Waals surface area contributed by atoms with E-state index in [0.29, 0.717) is 0 Å². The second kappa shape index (κ2) is 7.26. The van der Waals surface area contributed by atoms with E-state index in [4.69, 9.17) is 11.5 Å². The summed E-state index contributed by atoms with van der Waals surface area (Å²) >= 11 is 0. The van der Waals surface area contributed by atoms with E-state index in [0.717, 1.165) is 42.8 Å². The molecule has 0 aromatic heterocycles. The molecule has 4 heteroatoms. The highest BCUT2D eigenvalue weighted by atomic mass is 15.6. The van der Waals surface area contributed by atoms with Crippen LogP contribution in [-0.4, -0.2) is 24.6 Å². The van der Waals surface area contributed by atoms with Crippen LogP contribution in [0.3, 0.4) is 0 Å². The predicted molar refractivity (Wildman–Crippen MR) is 111 cm³/mol. The first kappa shape index (κ1) is 16.7. The smallest absolute Gasteiger partial charge is 0.0602 e. The molecule has 0 spiro atoms. The van der Waals surface area contributed by atoms with Crippen molar-refractivity contribution in [1.82, 2.24) is 5.01 Å². The van der Waals surface area contributed by atoms with Gasteiger partial charge in [0.15, 0.2) is 0 Å². The number of nitrogens with zero attached hydrogens (tertiary/aromatic N) is 2. The van der Waals surface area contributed by atoms with Crippen LogP contribution in [0.4, 0.5) is 17.1 Å². The molecule has 4 rings (SSSR count). The molecule has 0 radical (unpaired) electrons. The minimum Gasteiger partial charge on any atom is -0.399 e. The Morgan fingerprint density at radius 2 is 1.62 bits per heavy atom. The van der Waals surface area contributed by atoms with E-state index in [1.165, 1.54) is 29.5 Å². The summed E-state index contributed by atoms with van der Waals surface area (Å²) in [6.45, 7) is 3.12. The Labute approximate surface area is 155 Å². The average Bonchev–Trinajstić information content (AvgIpc) is 2.67. The lowest BCUT2D eigenvalue weighted by Gasteiger charge is -2.41. The van der Waals surface area contributed by atoms with Gasteiger partial charge in [0.2, 0.25) is 0 Å². The van der Waals surface area contributed by atoms with Gasteiger partial charge in [-0.3, -0.25) is 0 Å². The molecule has 1 heterocycles. The van der Waals surface area contributed by atoms with Gasteiger partial charge in [0.1, 0.15) is 0 Å². The molecule has 0 unspecified atom stereocenters. The zero-order valence-electron chi connectivity index (χ0n) is 15.1. The quantitative estimate of drug-likeness (QED) is 0.699. The molecular weight excluding hydrogens is 320 g/mol. The molecule has 1 saturated heterocycles. The number of hydrogen-bond donors (Lipinski definition) is 2. The van der Waals surface area contributed by atoms with Gasteiger partial charge in [0.05, 0.1) is 5.69 Å². The topological polar surface area (TPSA) is 58.5 Å². The highest BCUT2D eigenvalue weighted by molar-refractivity contribution is 6.01. The molecule has 0 bridgehead atoms. The van der Waals surface area contributed by atoms with Gasteiger partial charge in [0.25, 0.3) is 0 Å². The fraction of sp³-hybridized carbons (Fsp3) is 0.273. The Bertz CT molecular complexity index is 906. The maximum absolute atomic E-state index is 6.19. The van der Waals surface area contributed by atoms with Gasteiger partial charge >= 0.3 is 0 Å². The molecule has 0 aliphatic carbocycles. The van der Waals surface area contributed by atoms with Crippen molar-refractivity contribution in [1.29, 1.82) is 0 Å². The van der Waals surface area contributed by atoms with E-state index in [2.05, 4.69) is 52.5 Å². The lowest BCUT2D eigenvalue weighted by atomic mass is 10.1. The molecule has 3 aromatic carbocycles. The van der Waals surface area contributed by atoms with E-state index in [9.17, 15) is 0 Å². The Morgan fingerprint density at radius 1 is 0.808 bits per heavy atom. The minimum absolute atomic E-state index is 0.836. The summed E-state index contributed by atoms with van der Waals surface area (Å²) in [5, 5.41) is 7.28. The molecule has 26 heavy (non-hydrogen) atoms. The van der Waals surface area contributed by atoms with Crippen molar-refractivity contribution in [2.45, 2.75) is 19.3 Å². The number of nitrogen functional groups attached to an aromatic ring is 2. The van der Waals surface area contributed by atoms with E-state index >= 15 is 0 Å². The highest BCUT2D eigenvalue weighted by Crippen LogP contribution is 2.33. The number of benzene rings is 3. The maximum Gasteiger partial charge on any atom is 0.0602 e. The molecule has 3 aromatic rings. The molecule has 134 valence electrons. The first-order valence-electron chi connectivity index (χ1n) is 9.36. The summed E-state index contributed by atoms with van der Waals surface area (Å²) < 4.78 is 0. The first-order chi connectivity index (χ1) is 12.7. The van der Waals surface area contributed by atoms with Crippen LogP contribution in [0.2, 0.25) is 0 Å². The summed E-state index contributed by atoms with van der Waals surface area (Å²) in [7, 11) is 0. The SMILES string of the molecule is Nc1cccc(CCN2CCCCN2c2ccc(N)c3ccccc23)c1. The van der Waals surface area contributed by atoms with Gasteiger partial charge in [-0.05, 0) is 49.1 Å². The largest absolute Gasteiger partial charge is 0.399 e. The van der Waals surface area contributed by atoms with Crippen LogP contribution in [0.25, 0.3) is 10.8 Å². The zero-order valence-corrected chi connectivity index (χ0v) is 15.1. The molecule has 1 aliphatic heterocycles. The summed E-state index contributed by atoms with van der Waals surface area (Å²) in [5.74, 6) is 0. The Kier molecular flexibility index (Phi) is 4.67. The van der Waals surface area contributed by atoms with Crippen molar-refractivity contribution in [3.05, 3.63) is 66.2 Å². The van der Waals surface area contributed by atoms with Crippen molar-refractivity contribution in [2.75, 3.05) is 36.1 Å². The van der Waals surface area contributed by atoms with Crippen molar-refractivity contribution in [2.24, 2.45) is 0 Å². The van der Waals surface area contributed by atoms with Crippen LogP contribution in [0.1, 0.15) is 18.4 Å². The number of fused-ring (bicyclic) bond motifs is 1. The van der Waals surface area contributed by atoms with E-state index in [-0.39, 0.29) is 0 Å². The van der Waals surface area contributed by atoms with Gasteiger partial charge in [-0.1, -0.05) is 36.4 Å². The standard InChI is InChI=1S/C22H26N4/c23-18-7-5-6-17(16-18)12-15-25-13-3-4-14-26(25)22-11-10-21(24)19-8-1-2-9-20(19)22/h1-2,5-11,16H,3-4,12-15,23-24H2. The third-order valence-corrected chi connectivity index (χ3v) is 5.20. The Balaban J connectivity index is 1.61. The first-order valence-corrected chi connectivity index (χ1v) is 9.36. The summed E-state index contributed by atoms with van der Waals surface area (Å²) in [5.41, 5.74) is 16.3. The van der Waals surface area contributed by atoms with E-state index in [1.807, 2.05) is 18.2 Å². The molecule has 1 aliphatic rings. The summed E-state index contributed by atoms with van der Waals surface area (Å²) in [6, 6.07) is 20.8. The highest BCUT2D eigenvalue weighted by Gasteiger charge is 2.22. The molecule has 4 nitrogen and oxygen atoms in total. The third-order valence-electron chi connectivity index (χ3n) is 5.20. The summed E-state index contributed by atoms with van der Waals surface area (Å²) in [4.78, 5) is 0. The van der Waals surface area contributed by atoms with Gasteiger partial charge < -0.3 is 16.5 Å². The van der Waals surface area contributed by atoms with Crippen molar-refractivity contribution < 1.29 is 0 Å². The molecule has 0 atom stereocenters. The third kappa shape index (κ3) is 3.33. The molecule has 4 N–H and O–H groups in total. The zero-order chi connectivity index (χ0) is 17.9. The van der Waals surface area contributed by atoms with Crippen molar-refractivity contribution in [3.63, 3.8) is 0 Å². The van der Waals surface area contributed by atoms with Gasteiger partial charge in [-0.15, -0.1) is 0 Å². The molecule has 0 saturated carbocycles. The summed E-state index contributed by atoms with van der Waals surface area (Å²) in [6.07, 6.45) is 3.45. The normalized spacial score (nSPS) is 15.5. The molecule has 1 fully saturated rings. The monoisotopic (exact) mass is 346 g/mol. The fourth-order valence-corrected chi connectivity index (χ4v) is 3.86. The second-order valence-electron chi connectivity index (χ2n) is 7.00. The number of hydrazine groups is 1. The van der Waals surface area contributed by atoms with E-state index < -0.39 is 0 Å².